The van der Waals surface area contributed by atoms with E-state index in [1.165, 1.54) is 0 Å². The highest BCUT2D eigenvalue weighted by Gasteiger charge is 2.04. The van der Waals surface area contributed by atoms with Gasteiger partial charge >= 0.3 is 0 Å². The summed E-state index contributed by atoms with van der Waals surface area (Å²) < 4.78 is 0. The van der Waals surface area contributed by atoms with E-state index in [2.05, 4.69) is 15.2 Å². The van der Waals surface area contributed by atoms with Crippen molar-refractivity contribution in [3.63, 3.8) is 0 Å². The van der Waals surface area contributed by atoms with Gasteiger partial charge in [-0.25, -0.2) is 4.98 Å². The summed E-state index contributed by atoms with van der Waals surface area (Å²) in [6.45, 7) is 3.88. The first-order valence-corrected chi connectivity index (χ1v) is 4.69. The van der Waals surface area contributed by atoms with Gasteiger partial charge in [-0.05, 0) is 32.0 Å². The minimum atomic E-state index is 0.501. The number of aromatic nitrogens is 3. The number of pyridine rings is 1. The fourth-order valence-electron chi connectivity index (χ4n) is 1.34. The summed E-state index contributed by atoms with van der Waals surface area (Å²) in [6, 6.07) is 5.75. The number of nitrogens with one attached hydrogen (secondary N) is 1. The Morgan fingerprint density at radius 2 is 2.00 bits per heavy atom. The Kier molecular flexibility index (Phi) is 2.25. The van der Waals surface area contributed by atoms with Crippen LogP contribution in [0.2, 0.25) is 5.15 Å². The fourth-order valence-corrected chi connectivity index (χ4v) is 1.59. The van der Waals surface area contributed by atoms with Gasteiger partial charge in [0.05, 0.1) is 5.69 Å². The Morgan fingerprint density at radius 1 is 1.21 bits per heavy atom. The lowest BCUT2D eigenvalue weighted by Crippen LogP contribution is -1.85. The summed E-state index contributed by atoms with van der Waals surface area (Å²) in [5.74, 6) is 0. The lowest BCUT2D eigenvalue weighted by atomic mass is 10.1. The Bertz CT molecular complexity index is 442. The molecule has 0 aliphatic heterocycles. The van der Waals surface area contributed by atoms with Crippen molar-refractivity contribution >= 4 is 11.6 Å². The molecule has 0 spiro atoms. The van der Waals surface area contributed by atoms with Gasteiger partial charge in [0.2, 0.25) is 0 Å². The normalized spacial score (nSPS) is 10.5. The highest BCUT2D eigenvalue weighted by molar-refractivity contribution is 6.29. The van der Waals surface area contributed by atoms with Crippen molar-refractivity contribution in [1.29, 1.82) is 0 Å². The molecule has 4 heteroatoms. The summed E-state index contributed by atoms with van der Waals surface area (Å²) >= 11 is 5.86. The molecule has 0 fully saturated rings. The largest absolute Gasteiger partial charge is 0.282 e. The van der Waals surface area contributed by atoms with Crippen LogP contribution in [0.3, 0.4) is 0 Å². The maximum absolute atomic E-state index is 5.86. The molecule has 0 radical (unpaired) electrons. The standard InChI is InChI=1S/C10H10ClN3/c1-6-3-8(5-10(11)12-6)9-4-7(2)13-14-9/h3-5H,1-2H3,(H,13,14). The number of H-pyrrole nitrogens is 1. The van der Waals surface area contributed by atoms with E-state index in [1.807, 2.05) is 32.0 Å². The van der Waals surface area contributed by atoms with Gasteiger partial charge < -0.3 is 0 Å². The van der Waals surface area contributed by atoms with Crippen LogP contribution in [0, 0.1) is 13.8 Å². The number of halogens is 1. The van der Waals surface area contributed by atoms with E-state index in [1.54, 1.807) is 0 Å². The summed E-state index contributed by atoms with van der Waals surface area (Å²) in [5, 5.41) is 7.55. The molecule has 0 atom stereocenters. The van der Waals surface area contributed by atoms with Crippen molar-refractivity contribution in [1.82, 2.24) is 15.2 Å². The van der Waals surface area contributed by atoms with Gasteiger partial charge in [0.25, 0.3) is 0 Å². The number of aromatic amines is 1. The second-order valence-corrected chi connectivity index (χ2v) is 3.64. The average Bonchev–Trinajstić information content (AvgIpc) is 2.50. The van der Waals surface area contributed by atoms with Crippen LogP contribution in [0.25, 0.3) is 11.3 Å². The molecule has 0 saturated heterocycles. The minimum Gasteiger partial charge on any atom is -0.282 e. The lowest BCUT2D eigenvalue weighted by Gasteiger charge is -1.98. The predicted molar refractivity (Wildman–Crippen MR) is 56.3 cm³/mol. The molecule has 0 saturated carbocycles. The van der Waals surface area contributed by atoms with Gasteiger partial charge in [-0.3, -0.25) is 5.10 Å². The smallest absolute Gasteiger partial charge is 0.130 e. The van der Waals surface area contributed by atoms with Crippen molar-refractivity contribution in [3.8, 4) is 11.3 Å². The monoisotopic (exact) mass is 207 g/mol. The predicted octanol–water partition coefficient (Wildman–Crippen LogP) is 2.74. The molecule has 3 nitrogen and oxygen atoms in total. The summed E-state index contributed by atoms with van der Waals surface area (Å²) in [5.41, 5.74) is 3.82. The zero-order chi connectivity index (χ0) is 10.1. The van der Waals surface area contributed by atoms with Crippen LogP contribution in [0.15, 0.2) is 18.2 Å². The molecule has 2 aromatic heterocycles. The molecule has 2 aromatic rings. The van der Waals surface area contributed by atoms with Crippen molar-refractivity contribution in [2.45, 2.75) is 13.8 Å². The third-order valence-corrected chi connectivity index (χ3v) is 2.12. The molecule has 0 aliphatic rings. The van der Waals surface area contributed by atoms with Gasteiger partial charge in [0.15, 0.2) is 0 Å². The summed E-state index contributed by atoms with van der Waals surface area (Å²) in [4.78, 5) is 4.09. The number of aryl methyl sites for hydroxylation is 2. The molecule has 0 bridgehead atoms. The zero-order valence-corrected chi connectivity index (χ0v) is 8.76. The van der Waals surface area contributed by atoms with Crippen LogP contribution in [0.5, 0.6) is 0 Å². The average molecular weight is 208 g/mol. The zero-order valence-electron chi connectivity index (χ0n) is 8.00. The fraction of sp³-hybridized carbons (Fsp3) is 0.200. The van der Waals surface area contributed by atoms with E-state index in [-0.39, 0.29) is 0 Å². The van der Waals surface area contributed by atoms with E-state index in [9.17, 15) is 0 Å². The maximum atomic E-state index is 5.86. The van der Waals surface area contributed by atoms with Gasteiger partial charge in [0.1, 0.15) is 5.15 Å². The first-order chi connectivity index (χ1) is 6.65. The molecule has 14 heavy (non-hydrogen) atoms. The second kappa shape index (κ2) is 3.42. The SMILES string of the molecule is Cc1cc(-c2cc(C)[nH]n2)cc(Cl)n1. The summed E-state index contributed by atoms with van der Waals surface area (Å²) in [6.07, 6.45) is 0. The molecule has 2 heterocycles. The number of hydrogen-bond donors (Lipinski definition) is 1. The number of nitrogens with zero attached hydrogens (tertiary/aromatic N) is 2. The number of hydrogen-bond acceptors (Lipinski definition) is 2. The van der Waals surface area contributed by atoms with Crippen LogP contribution in [-0.2, 0) is 0 Å². The van der Waals surface area contributed by atoms with Gasteiger partial charge in [0, 0.05) is 17.0 Å². The Balaban J connectivity index is 2.51. The molecule has 2 rings (SSSR count). The summed E-state index contributed by atoms with van der Waals surface area (Å²) in [7, 11) is 0. The van der Waals surface area contributed by atoms with E-state index < -0.39 is 0 Å². The topological polar surface area (TPSA) is 41.6 Å². The third kappa shape index (κ3) is 1.77. The van der Waals surface area contributed by atoms with Crippen molar-refractivity contribution in [2.24, 2.45) is 0 Å². The minimum absolute atomic E-state index is 0.501. The van der Waals surface area contributed by atoms with Crippen LogP contribution >= 0.6 is 11.6 Å². The first-order valence-electron chi connectivity index (χ1n) is 4.32. The van der Waals surface area contributed by atoms with Crippen LogP contribution < -0.4 is 0 Å². The molecule has 1 N–H and O–H groups in total. The van der Waals surface area contributed by atoms with E-state index >= 15 is 0 Å². The van der Waals surface area contributed by atoms with Gasteiger partial charge in [-0.15, -0.1) is 0 Å². The van der Waals surface area contributed by atoms with Crippen LogP contribution in [-0.4, -0.2) is 15.2 Å². The number of rotatable bonds is 1. The Morgan fingerprint density at radius 3 is 2.57 bits per heavy atom. The Labute approximate surface area is 87.1 Å². The van der Waals surface area contributed by atoms with Crippen molar-refractivity contribution < 1.29 is 0 Å². The van der Waals surface area contributed by atoms with Crippen molar-refractivity contribution in [3.05, 3.63) is 34.7 Å². The quantitative estimate of drug-likeness (QED) is 0.731. The van der Waals surface area contributed by atoms with E-state index in [4.69, 9.17) is 11.6 Å². The lowest BCUT2D eigenvalue weighted by molar-refractivity contribution is 1.05. The van der Waals surface area contributed by atoms with Crippen LogP contribution in [0.1, 0.15) is 11.4 Å². The molecule has 72 valence electrons. The molecular formula is C10H10ClN3. The molecule has 0 amide bonds. The third-order valence-electron chi connectivity index (χ3n) is 1.92. The highest BCUT2D eigenvalue weighted by atomic mass is 35.5. The van der Waals surface area contributed by atoms with Gasteiger partial charge in [-0.1, -0.05) is 11.6 Å². The maximum Gasteiger partial charge on any atom is 0.130 e. The van der Waals surface area contributed by atoms with Crippen molar-refractivity contribution in [2.75, 3.05) is 0 Å². The van der Waals surface area contributed by atoms with E-state index in [0.29, 0.717) is 5.15 Å². The Hall–Kier alpha value is -1.35. The molecule has 0 aliphatic carbocycles. The first kappa shape index (κ1) is 9.21. The van der Waals surface area contributed by atoms with Gasteiger partial charge in [-0.2, -0.15) is 5.10 Å². The second-order valence-electron chi connectivity index (χ2n) is 3.26. The highest BCUT2D eigenvalue weighted by Crippen LogP contribution is 2.21. The molecule has 0 aromatic carbocycles. The van der Waals surface area contributed by atoms with Crippen LogP contribution in [0.4, 0.5) is 0 Å². The van der Waals surface area contributed by atoms with E-state index in [0.717, 1.165) is 22.6 Å². The molecule has 0 unspecified atom stereocenters. The molecular weight excluding hydrogens is 198 g/mol.